The minimum absolute atomic E-state index is 0.232. The fourth-order valence-electron chi connectivity index (χ4n) is 0.533. The Balaban J connectivity index is 3.69. The summed E-state index contributed by atoms with van der Waals surface area (Å²) in [5.74, 6) is -0.612. The minimum atomic E-state index is -0.612. The van der Waals surface area contributed by atoms with Crippen LogP contribution in [0.15, 0.2) is 0 Å². The molecule has 10 heavy (non-hydrogen) atoms. The second kappa shape index (κ2) is 4.75. The summed E-state index contributed by atoms with van der Waals surface area (Å²) in [5, 5.41) is 16.6. The molecule has 0 amide bonds. The van der Waals surface area contributed by atoms with Gasteiger partial charge in [0.2, 0.25) is 0 Å². The normalized spacial score (nSPS) is 12.1. The molecule has 4 heteroatoms. The molecule has 0 radical (unpaired) electrons. The van der Waals surface area contributed by atoms with E-state index in [4.69, 9.17) is 22.0 Å². The summed E-state index contributed by atoms with van der Waals surface area (Å²) < 4.78 is 0. The average Bonchev–Trinajstić information content (AvgIpc) is 1.99. The van der Waals surface area contributed by atoms with E-state index in [0.29, 0.717) is 13.0 Å². The highest BCUT2D eigenvalue weighted by Gasteiger charge is 2.09. The molecule has 4 nitrogen and oxygen atoms in total. The van der Waals surface area contributed by atoms with Gasteiger partial charge in [0.1, 0.15) is 5.92 Å². The molecule has 0 saturated heterocycles. The second-order valence-corrected chi connectivity index (χ2v) is 2.04. The number of rotatable bonds is 3. The van der Waals surface area contributed by atoms with Crippen LogP contribution in [-0.4, -0.2) is 12.6 Å². The first kappa shape index (κ1) is 8.90. The topological polar surface area (TPSA) is 99.6 Å². The van der Waals surface area contributed by atoms with Crippen molar-refractivity contribution in [2.24, 2.45) is 17.4 Å². The third kappa shape index (κ3) is 3.03. The quantitative estimate of drug-likeness (QED) is 0.540. The third-order valence-electron chi connectivity index (χ3n) is 1.15. The summed E-state index contributed by atoms with van der Waals surface area (Å²) in [4.78, 5) is 0. The van der Waals surface area contributed by atoms with Crippen LogP contribution in [0.5, 0.6) is 0 Å². The molecule has 0 aromatic heterocycles. The summed E-state index contributed by atoms with van der Waals surface area (Å²) in [7, 11) is 0. The zero-order valence-corrected chi connectivity index (χ0v) is 5.62. The summed E-state index contributed by atoms with van der Waals surface area (Å²) in [5.41, 5.74) is 10.6. The maximum atomic E-state index is 8.30. The predicted molar refractivity (Wildman–Crippen MR) is 36.4 cm³/mol. The predicted octanol–water partition coefficient (Wildman–Crippen LogP) is -0.674. The molecule has 0 bridgehead atoms. The second-order valence-electron chi connectivity index (χ2n) is 2.04. The van der Waals surface area contributed by atoms with Crippen molar-refractivity contribution in [3.05, 3.63) is 0 Å². The summed E-state index contributed by atoms with van der Waals surface area (Å²) >= 11 is 0. The van der Waals surface area contributed by atoms with Crippen molar-refractivity contribution in [3.63, 3.8) is 0 Å². The van der Waals surface area contributed by atoms with Crippen molar-refractivity contribution in [1.29, 1.82) is 10.5 Å². The first-order chi connectivity index (χ1) is 4.74. The summed E-state index contributed by atoms with van der Waals surface area (Å²) in [6.07, 6.45) is 0.365. The number of nitrogens with two attached hydrogens (primary N) is 2. The van der Waals surface area contributed by atoms with Crippen LogP contribution in [0.4, 0.5) is 0 Å². The molecule has 0 aromatic rings. The molecule has 0 aliphatic carbocycles. The van der Waals surface area contributed by atoms with Crippen molar-refractivity contribution >= 4 is 0 Å². The van der Waals surface area contributed by atoms with Gasteiger partial charge in [0.05, 0.1) is 12.1 Å². The lowest BCUT2D eigenvalue weighted by Gasteiger charge is -2.06. The van der Waals surface area contributed by atoms with Gasteiger partial charge in [-0.2, -0.15) is 10.5 Å². The van der Waals surface area contributed by atoms with Crippen molar-refractivity contribution in [3.8, 4) is 12.1 Å². The van der Waals surface area contributed by atoms with Gasteiger partial charge >= 0.3 is 0 Å². The Morgan fingerprint density at radius 3 is 2.10 bits per heavy atom. The van der Waals surface area contributed by atoms with Crippen molar-refractivity contribution in [1.82, 2.24) is 0 Å². The van der Waals surface area contributed by atoms with E-state index in [2.05, 4.69) is 0 Å². The Morgan fingerprint density at radius 1 is 1.30 bits per heavy atom. The molecule has 4 N–H and O–H groups in total. The number of nitrogens with zero attached hydrogens (tertiary/aromatic N) is 2. The number of nitriles is 2. The molecule has 0 rings (SSSR count). The first-order valence-corrected chi connectivity index (χ1v) is 2.99. The molecule has 0 aromatic carbocycles. The van der Waals surface area contributed by atoms with E-state index in [-0.39, 0.29) is 6.04 Å². The standard InChI is InChI=1S/C6H10N4/c7-2-5(3-8)1-6(10)4-9/h5-6H,1,4,9-10H2. The Kier molecular flexibility index (Phi) is 4.23. The highest BCUT2D eigenvalue weighted by Crippen LogP contribution is 2.00. The smallest absolute Gasteiger partial charge is 0.134 e. The fraction of sp³-hybridized carbons (Fsp3) is 0.667. The average molecular weight is 138 g/mol. The number of hydrogen-bond donors (Lipinski definition) is 2. The van der Waals surface area contributed by atoms with Gasteiger partial charge in [-0.25, -0.2) is 0 Å². The van der Waals surface area contributed by atoms with E-state index in [1.54, 1.807) is 0 Å². The van der Waals surface area contributed by atoms with Gasteiger partial charge in [-0.1, -0.05) is 0 Å². The molecular weight excluding hydrogens is 128 g/mol. The Bertz CT molecular complexity index is 150. The molecule has 0 aliphatic heterocycles. The Hall–Kier alpha value is -1.10. The minimum Gasteiger partial charge on any atom is -0.329 e. The monoisotopic (exact) mass is 138 g/mol. The molecule has 0 aliphatic rings. The molecule has 1 atom stereocenters. The van der Waals surface area contributed by atoms with Gasteiger partial charge in [0.15, 0.2) is 0 Å². The largest absolute Gasteiger partial charge is 0.329 e. The highest BCUT2D eigenvalue weighted by atomic mass is 14.7. The molecule has 1 unspecified atom stereocenters. The molecule has 0 saturated carbocycles. The lowest BCUT2D eigenvalue weighted by Crippen LogP contribution is -2.31. The zero-order chi connectivity index (χ0) is 7.98. The van der Waals surface area contributed by atoms with E-state index in [9.17, 15) is 0 Å². The molecular formula is C6H10N4. The van der Waals surface area contributed by atoms with Crippen LogP contribution in [0, 0.1) is 28.6 Å². The van der Waals surface area contributed by atoms with Gasteiger partial charge in [0.25, 0.3) is 0 Å². The van der Waals surface area contributed by atoms with Crippen LogP contribution in [0.2, 0.25) is 0 Å². The van der Waals surface area contributed by atoms with Gasteiger partial charge < -0.3 is 11.5 Å². The van der Waals surface area contributed by atoms with Crippen molar-refractivity contribution in [2.75, 3.05) is 6.54 Å². The van der Waals surface area contributed by atoms with Crippen LogP contribution in [0.3, 0.4) is 0 Å². The Morgan fingerprint density at radius 2 is 1.80 bits per heavy atom. The van der Waals surface area contributed by atoms with Crippen LogP contribution >= 0.6 is 0 Å². The SMILES string of the molecule is N#CC(C#N)CC(N)CN. The molecule has 0 spiro atoms. The molecule has 54 valence electrons. The molecule has 0 heterocycles. The lowest BCUT2D eigenvalue weighted by atomic mass is 10.0. The van der Waals surface area contributed by atoms with Gasteiger partial charge in [-0.05, 0) is 6.42 Å². The van der Waals surface area contributed by atoms with Gasteiger partial charge in [0, 0.05) is 12.6 Å². The summed E-state index contributed by atoms with van der Waals surface area (Å²) in [6.45, 7) is 0.319. The van der Waals surface area contributed by atoms with E-state index in [0.717, 1.165) is 0 Å². The van der Waals surface area contributed by atoms with Crippen LogP contribution in [-0.2, 0) is 0 Å². The van der Waals surface area contributed by atoms with E-state index >= 15 is 0 Å². The van der Waals surface area contributed by atoms with Gasteiger partial charge in [-0.3, -0.25) is 0 Å². The van der Waals surface area contributed by atoms with E-state index < -0.39 is 5.92 Å². The van der Waals surface area contributed by atoms with Crippen LogP contribution in [0.25, 0.3) is 0 Å². The highest BCUT2D eigenvalue weighted by molar-refractivity contribution is 5.00. The van der Waals surface area contributed by atoms with E-state index in [1.165, 1.54) is 0 Å². The maximum absolute atomic E-state index is 8.30. The summed E-state index contributed by atoms with van der Waals surface area (Å²) in [6, 6.07) is 3.41. The number of hydrogen-bond acceptors (Lipinski definition) is 4. The van der Waals surface area contributed by atoms with Crippen LogP contribution in [0.1, 0.15) is 6.42 Å². The lowest BCUT2D eigenvalue weighted by molar-refractivity contribution is 0.581. The van der Waals surface area contributed by atoms with Crippen molar-refractivity contribution in [2.45, 2.75) is 12.5 Å². The van der Waals surface area contributed by atoms with E-state index in [1.807, 2.05) is 12.1 Å². The zero-order valence-electron chi connectivity index (χ0n) is 5.62. The fourth-order valence-corrected chi connectivity index (χ4v) is 0.533. The van der Waals surface area contributed by atoms with Crippen molar-refractivity contribution < 1.29 is 0 Å². The molecule has 0 fully saturated rings. The first-order valence-electron chi connectivity index (χ1n) is 2.99. The van der Waals surface area contributed by atoms with Crippen LogP contribution < -0.4 is 11.5 Å². The Labute approximate surface area is 60.0 Å². The third-order valence-corrected chi connectivity index (χ3v) is 1.15. The maximum Gasteiger partial charge on any atom is 0.134 e. The van der Waals surface area contributed by atoms with Gasteiger partial charge in [-0.15, -0.1) is 0 Å².